The van der Waals surface area contributed by atoms with Gasteiger partial charge in [0.25, 0.3) is 0 Å². The summed E-state index contributed by atoms with van der Waals surface area (Å²) in [5, 5.41) is 1.01. The summed E-state index contributed by atoms with van der Waals surface area (Å²) in [4.78, 5) is 12.1. The van der Waals surface area contributed by atoms with Crippen molar-refractivity contribution in [1.82, 2.24) is 4.57 Å². The van der Waals surface area contributed by atoms with Crippen LogP contribution in [0.3, 0.4) is 0 Å². The van der Waals surface area contributed by atoms with Crippen LogP contribution >= 0.6 is 15.9 Å². The maximum atomic E-state index is 12.1. The van der Waals surface area contributed by atoms with Gasteiger partial charge in [-0.2, -0.15) is 0 Å². The van der Waals surface area contributed by atoms with Crippen LogP contribution in [-0.2, 0) is 4.74 Å². The minimum atomic E-state index is -0.495. The molecule has 0 saturated carbocycles. The van der Waals surface area contributed by atoms with Gasteiger partial charge in [0.15, 0.2) is 0 Å². The number of hydrogen-bond acceptors (Lipinski definition) is 2. The summed E-state index contributed by atoms with van der Waals surface area (Å²) in [7, 11) is 0. The standard InChI is InChI=1S/C14H16BrNO2/c1-9-5-6-12-10(7-9)11(15)8-16(12)13(17)18-14(2,3)4/h5-8H,1-4H3. The number of hydrogen-bond donors (Lipinski definition) is 0. The molecule has 2 rings (SSSR count). The van der Waals surface area contributed by atoms with Crippen LogP contribution in [0.1, 0.15) is 26.3 Å². The summed E-state index contributed by atoms with van der Waals surface area (Å²) >= 11 is 3.47. The topological polar surface area (TPSA) is 31.2 Å². The third kappa shape index (κ3) is 2.58. The van der Waals surface area contributed by atoms with E-state index in [0.29, 0.717) is 0 Å². The molecule has 0 atom stereocenters. The Bertz CT molecular complexity index is 608. The van der Waals surface area contributed by atoms with Crippen LogP contribution < -0.4 is 0 Å². The van der Waals surface area contributed by atoms with Gasteiger partial charge in [-0.1, -0.05) is 11.6 Å². The molecule has 1 aromatic heterocycles. The minimum Gasteiger partial charge on any atom is -0.443 e. The predicted octanol–water partition coefficient (Wildman–Crippen LogP) is 4.50. The van der Waals surface area contributed by atoms with Gasteiger partial charge < -0.3 is 4.74 Å². The van der Waals surface area contributed by atoms with Crippen LogP contribution in [0.2, 0.25) is 0 Å². The van der Waals surface area contributed by atoms with E-state index in [1.165, 1.54) is 4.57 Å². The van der Waals surface area contributed by atoms with E-state index in [1.807, 2.05) is 45.9 Å². The highest BCUT2D eigenvalue weighted by Gasteiger charge is 2.20. The zero-order chi connectivity index (χ0) is 13.5. The highest BCUT2D eigenvalue weighted by molar-refractivity contribution is 9.10. The third-order valence-electron chi connectivity index (χ3n) is 2.50. The third-order valence-corrected chi connectivity index (χ3v) is 3.13. The van der Waals surface area contributed by atoms with Gasteiger partial charge in [-0.05, 0) is 55.8 Å². The average molecular weight is 310 g/mol. The molecule has 0 aliphatic heterocycles. The molecule has 0 unspecified atom stereocenters. The zero-order valence-corrected chi connectivity index (χ0v) is 12.5. The van der Waals surface area contributed by atoms with E-state index in [0.717, 1.165) is 20.9 Å². The van der Waals surface area contributed by atoms with Gasteiger partial charge in [0.2, 0.25) is 0 Å². The quantitative estimate of drug-likeness (QED) is 0.717. The summed E-state index contributed by atoms with van der Waals surface area (Å²) in [6.07, 6.45) is 1.39. The average Bonchev–Trinajstić information content (AvgIpc) is 2.54. The Morgan fingerprint density at radius 3 is 2.61 bits per heavy atom. The monoisotopic (exact) mass is 309 g/mol. The fourth-order valence-corrected chi connectivity index (χ4v) is 2.29. The van der Waals surface area contributed by atoms with Crippen molar-refractivity contribution in [2.45, 2.75) is 33.3 Å². The minimum absolute atomic E-state index is 0.359. The van der Waals surface area contributed by atoms with Gasteiger partial charge in [-0.3, -0.25) is 4.57 Å². The number of carbonyl (C=O) groups is 1. The smallest absolute Gasteiger partial charge is 0.419 e. The number of aryl methyl sites for hydroxylation is 1. The Morgan fingerprint density at radius 1 is 1.33 bits per heavy atom. The number of halogens is 1. The molecule has 0 spiro atoms. The summed E-state index contributed by atoms with van der Waals surface area (Å²) < 4.78 is 7.81. The second-order valence-electron chi connectivity index (χ2n) is 5.35. The molecule has 2 aromatic rings. The van der Waals surface area contributed by atoms with Crippen molar-refractivity contribution in [3.05, 3.63) is 34.4 Å². The van der Waals surface area contributed by atoms with Crippen molar-refractivity contribution in [1.29, 1.82) is 0 Å². The van der Waals surface area contributed by atoms with E-state index in [1.54, 1.807) is 6.20 Å². The lowest BCUT2D eigenvalue weighted by molar-refractivity contribution is 0.0544. The maximum Gasteiger partial charge on any atom is 0.419 e. The Balaban J connectivity index is 2.49. The molecule has 0 aliphatic carbocycles. The zero-order valence-electron chi connectivity index (χ0n) is 11.0. The maximum absolute atomic E-state index is 12.1. The van der Waals surface area contributed by atoms with Crippen molar-refractivity contribution in [2.75, 3.05) is 0 Å². The van der Waals surface area contributed by atoms with E-state index >= 15 is 0 Å². The van der Waals surface area contributed by atoms with Gasteiger partial charge in [-0.15, -0.1) is 0 Å². The van der Waals surface area contributed by atoms with Crippen LogP contribution in [0.25, 0.3) is 10.9 Å². The second-order valence-corrected chi connectivity index (χ2v) is 6.20. The molecular weight excluding hydrogens is 294 g/mol. The van der Waals surface area contributed by atoms with E-state index < -0.39 is 5.60 Å². The normalized spacial score (nSPS) is 11.8. The molecule has 0 saturated heterocycles. The molecular formula is C14H16BrNO2. The number of benzene rings is 1. The molecule has 0 fully saturated rings. The van der Waals surface area contributed by atoms with Gasteiger partial charge in [0.1, 0.15) is 5.60 Å². The molecule has 0 amide bonds. The number of rotatable bonds is 0. The van der Waals surface area contributed by atoms with Crippen molar-refractivity contribution in [3.63, 3.8) is 0 Å². The first-order chi connectivity index (χ1) is 8.28. The molecule has 0 aliphatic rings. The number of nitrogens with zero attached hydrogens (tertiary/aromatic N) is 1. The number of ether oxygens (including phenoxy) is 1. The first-order valence-corrected chi connectivity index (χ1v) is 6.58. The van der Waals surface area contributed by atoms with Crippen molar-refractivity contribution in [2.24, 2.45) is 0 Å². The Morgan fingerprint density at radius 2 is 2.00 bits per heavy atom. The van der Waals surface area contributed by atoms with Gasteiger partial charge in [0, 0.05) is 16.1 Å². The molecule has 0 radical (unpaired) electrons. The SMILES string of the molecule is Cc1ccc2c(c1)c(Br)cn2C(=O)OC(C)(C)C. The highest BCUT2D eigenvalue weighted by atomic mass is 79.9. The van der Waals surface area contributed by atoms with Crippen molar-refractivity contribution < 1.29 is 9.53 Å². The first-order valence-electron chi connectivity index (χ1n) is 5.78. The van der Waals surface area contributed by atoms with E-state index in [9.17, 15) is 4.79 Å². The van der Waals surface area contributed by atoms with Crippen LogP contribution in [0.15, 0.2) is 28.9 Å². The van der Waals surface area contributed by atoms with E-state index in [4.69, 9.17) is 4.74 Å². The molecule has 4 heteroatoms. The summed E-state index contributed by atoms with van der Waals surface area (Å²) in [6, 6.07) is 5.95. The first kappa shape index (κ1) is 13.1. The van der Waals surface area contributed by atoms with Crippen LogP contribution in [0.4, 0.5) is 4.79 Å². The summed E-state index contributed by atoms with van der Waals surface area (Å²) in [5.41, 5.74) is 1.51. The second kappa shape index (κ2) is 4.43. The fourth-order valence-electron chi connectivity index (χ4n) is 1.77. The van der Waals surface area contributed by atoms with Crippen LogP contribution in [0.5, 0.6) is 0 Å². The molecule has 0 bridgehead atoms. The number of fused-ring (bicyclic) bond motifs is 1. The molecule has 0 N–H and O–H groups in total. The lowest BCUT2D eigenvalue weighted by atomic mass is 10.2. The lowest BCUT2D eigenvalue weighted by Gasteiger charge is -2.19. The van der Waals surface area contributed by atoms with Crippen molar-refractivity contribution >= 4 is 32.9 Å². The molecule has 1 heterocycles. The van der Waals surface area contributed by atoms with Crippen LogP contribution in [-0.4, -0.2) is 16.3 Å². The largest absolute Gasteiger partial charge is 0.443 e. The van der Waals surface area contributed by atoms with Crippen molar-refractivity contribution in [3.8, 4) is 0 Å². The Labute approximate surface area is 115 Å². The summed E-state index contributed by atoms with van der Waals surface area (Å²) in [6.45, 7) is 7.60. The fraction of sp³-hybridized carbons (Fsp3) is 0.357. The lowest BCUT2D eigenvalue weighted by Crippen LogP contribution is -2.26. The highest BCUT2D eigenvalue weighted by Crippen LogP contribution is 2.27. The molecule has 18 heavy (non-hydrogen) atoms. The van der Waals surface area contributed by atoms with Gasteiger partial charge in [-0.25, -0.2) is 4.79 Å². The van der Waals surface area contributed by atoms with Crippen LogP contribution in [0, 0.1) is 6.92 Å². The number of carbonyl (C=O) groups excluding carboxylic acids is 1. The van der Waals surface area contributed by atoms with Gasteiger partial charge in [0.05, 0.1) is 5.52 Å². The molecule has 1 aromatic carbocycles. The molecule has 96 valence electrons. The number of aromatic nitrogens is 1. The summed E-state index contributed by atoms with van der Waals surface area (Å²) in [5.74, 6) is 0. The Hall–Kier alpha value is -1.29. The van der Waals surface area contributed by atoms with E-state index in [2.05, 4.69) is 15.9 Å². The molecule has 3 nitrogen and oxygen atoms in total. The van der Waals surface area contributed by atoms with Gasteiger partial charge >= 0.3 is 6.09 Å². The van der Waals surface area contributed by atoms with E-state index in [-0.39, 0.29) is 6.09 Å². The Kier molecular flexibility index (Phi) is 3.23. The predicted molar refractivity (Wildman–Crippen MR) is 76.0 cm³/mol.